The van der Waals surface area contributed by atoms with Crippen LogP contribution in [0.3, 0.4) is 0 Å². The molecule has 1 aliphatic rings. The molecule has 166 valence electrons. The number of aliphatic hydroxyl groups excluding tert-OH is 1. The van der Waals surface area contributed by atoms with Gasteiger partial charge in [0, 0.05) is 12.0 Å². The van der Waals surface area contributed by atoms with Crippen molar-refractivity contribution in [3.05, 3.63) is 35.4 Å². The number of rotatable bonds is 10. The van der Waals surface area contributed by atoms with E-state index in [1.807, 2.05) is 0 Å². The fraction of sp³-hybridized carbons (Fsp3) is 0.625. The fourth-order valence-electron chi connectivity index (χ4n) is 4.38. The number of hydrogen-bond acceptors (Lipinski definition) is 3. The summed E-state index contributed by atoms with van der Waals surface area (Å²) < 4.78 is 26.1. The van der Waals surface area contributed by atoms with Crippen LogP contribution in [0.1, 0.15) is 76.7 Å². The number of carbonyl (C=O) groups is 1. The van der Waals surface area contributed by atoms with Crippen LogP contribution < -0.4 is 0 Å². The van der Waals surface area contributed by atoms with Crippen molar-refractivity contribution in [1.82, 2.24) is 0 Å². The largest absolute Gasteiger partial charge is 0.481 e. The summed E-state index contributed by atoms with van der Waals surface area (Å²) in [6.45, 7) is 2.15. The minimum absolute atomic E-state index is 0.223. The van der Waals surface area contributed by atoms with Crippen LogP contribution in [-0.4, -0.2) is 33.0 Å². The highest BCUT2D eigenvalue weighted by molar-refractivity contribution is 5.66. The zero-order valence-corrected chi connectivity index (χ0v) is 17.5. The Morgan fingerprint density at radius 3 is 2.63 bits per heavy atom. The summed E-state index contributed by atoms with van der Waals surface area (Å²) in [5.74, 6) is 3.45. The molecule has 0 heterocycles. The van der Waals surface area contributed by atoms with Crippen LogP contribution in [0.25, 0.3) is 0 Å². The highest BCUT2D eigenvalue weighted by Gasteiger charge is 2.41. The molecule has 0 saturated heterocycles. The Bertz CT molecular complexity index is 770. The molecule has 1 aliphatic carbocycles. The minimum Gasteiger partial charge on any atom is -0.481 e. The Hall–Kier alpha value is -1.97. The average Bonchev–Trinajstić information content (AvgIpc) is 2.97. The molecule has 3 N–H and O–H groups in total. The van der Waals surface area contributed by atoms with Gasteiger partial charge in [-0.05, 0) is 62.1 Å². The Morgan fingerprint density at radius 2 is 1.93 bits per heavy atom. The second-order valence-corrected chi connectivity index (χ2v) is 8.67. The third kappa shape index (κ3) is 8.04. The van der Waals surface area contributed by atoms with Gasteiger partial charge in [0.15, 0.2) is 11.6 Å². The first kappa shape index (κ1) is 24.3. The van der Waals surface area contributed by atoms with Crippen molar-refractivity contribution in [2.24, 2.45) is 11.8 Å². The van der Waals surface area contributed by atoms with Crippen molar-refractivity contribution in [1.29, 1.82) is 0 Å². The maximum Gasteiger partial charge on any atom is 0.303 e. The summed E-state index contributed by atoms with van der Waals surface area (Å²) in [5, 5.41) is 29.7. The van der Waals surface area contributed by atoms with Crippen LogP contribution in [0.15, 0.2) is 18.2 Å². The minimum atomic E-state index is -0.974. The molecule has 1 saturated carbocycles. The lowest BCUT2D eigenvalue weighted by Crippen LogP contribution is -2.26. The Labute approximate surface area is 177 Å². The predicted molar refractivity (Wildman–Crippen MR) is 111 cm³/mol. The van der Waals surface area contributed by atoms with E-state index in [1.54, 1.807) is 0 Å². The lowest BCUT2D eigenvalue weighted by molar-refractivity contribution is -0.137. The van der Waals surface area contributed by atoms with E-state index in [1.165, 1.54) is 6.07 Å². The van der Waals surface area contributed by atoms with Gasteiger partial charge in [0.1, 0.15) is 6.10 Å². The first-order valence-electron chi connectivity index (χ1n) is 10.8. The van der Waals surface area contributed by atoms with Gasteiger partial charge in [0.05, 0.1) is 5.60 Å². The zero-order chi connectivity index (χ0) is 22.1. The molecule has 2 rings (SSSR count). The summed E-state index contributed by atoms with van der Waals surface area (Å²) in [5.41, 5.74) is -0.512. The Kier molecular flexibility index (Phi) is 9.26. The molecule has 4 nitrogen and oxygen atoms in total. The maximum atomic E-state index is 13.2. The SMILES string of the molecule is CC1CC(O)(CCC(O)C#Cc2ccc(F)c(F)c2)CC1CCCCCCC(=O)O. The smallest absolute Gasteiger partial charge is 0.303 e. The Balaban J connectivity index is 1.73. The van der Waals surface area contributed by atoms with Gasteiger partial charge in [0.2, 0.25) is 0 Å². The van der Waals surface area contributed by atoms with Crippen LogP contribution in [0.5, 0.6) is 0 Å². The molecule has 30 heavy (non-hydrogen) atoms. The number of benzene rings is 1. The molecule has 0 aliphatic heterocycles. The van der Waals surface area contributed by atoms with Crippen LogP contribution in [0, 0.1) is 35.3 Å². The van der Waals surface area contributed by atoms with E-state index in [0.717, 1.165) is 37.8 Å². The number of hydrogen-bond donors (Lipinski definition) is 3. The molecule has 0 bridgehead atoms. The van der Waals surface area contributed by atoms with Crippen molar-refractivity contribution in [2.75, 3.05) is 0 Å². The van der Waals surface area contributed by atoms with E-state index in [4.69, 9.17) is 5.11 Å². The first-order valence-corrected chi connectivity index (χ1v) is 10.8. The third-order valence-corrected chi connectivity index (χ3v) is 6.05. The molecule has 4 unspecified atom stereocenters. The lowest BCUT2D eigenvalue weighted by Gasteiger charge is -2.23. The predicted octanol–water partition coefficient (Wildman–Crippen LogP) is 4.66. The standard InChI is InChI=1S/C24H32F2O4/c1-17-15-24(30,16-19(17)6-4-2-3-5-7-23(28)29)13-12-20(27)10-8-18-9-11-21(25)22(26)14-18/h9,11,14,17,19-20,27,30H,2-7,12-13,15-16H2,1H3,(H,28,29). The molecule has 6 heteroatoms. The molecule has 0 aromatic heterocycles. The van der Waals surface area contributed by atoms with E-state index in [0.29, 0.717) is 49.5 Å². The van der Waals surface area contributed by atoms with Crippen LogP contribution in [0.2, 0.25) is 0 Å². The van der Waals surface area contributed by atoms with Gasteiger partial charge >= 0.3 is 5.97 Å². The zero-order valence-electron chi connectivity index (χ0n) is 17.5. The molecule has 0 amide bonds. The molecule has 1 fully saturated rings. The van der Waals surface area contributed by atoms with Gasteiger partial charge in [0.25, 0.3) is 0 Å². The number of unbranched alkanes of at least 4 members (excludes halogenated alkanes) is 3. The number of aliphatic hydroxyl groups is 2. The van der Waals surface area contributed by atoms with Gasteiger partial charge in [-0.3, -0.25) is 4.79 Å². The highest BCUT2D eigenvalue weighted by Crippen LogP contribution is 2.44. The third-order valence-electron chi connectivity index (χ3n) is 6.05. The molecule has 0 radical (unpaired) electrons. The summed E-state index contributed by atoms with van der Waals surface area (Å²) in [6.07, 6.45) is 6.14. The Morgan fingerprint density at radius 1 is 1.20 bits per heavy atom. The monoisotopic (exact) mass is 422 g/mol. The summed E-state index contributed by atoms with van der Waals surface area (Å²) in [6, 6.07) is 3.35. The van der Waals surface area contributed by atoms with Gasteiger partial charge in [-0.25, -0.2) is 8.78 Å². The van der Waals surface area contributed by atoms with E-state index in [-0.39, 0.29) is 6.42 Å². The van der Waals surface area contributed by atoms with Crippen molar-refractivity contribution in [3.63, 3.8) is 0 Å². The maximum absolute atomic E-state index is 13.2. The van der Waals surface area contributed by atoms with Crippen molar-refractivity contribution >= 4 is 5.97 Å². The fourth-order valence-corrected chi connectivity index (χ4v) is 4.38. The van der Waals surface area contributed by atoms with Crippen LogP contribution in [0.4, 0.5) is 8.78 Å². The molecular formula is C24H32F2O4. The van der Waals surface area contributed by atoms with Crippen LogP contribution in [-0.2, 0) is 4.79 Å². The second kappa shape index (κ2) is 11.4. The lowest BCUT2D eigenvalue weighted by atomic mass is 9.90. The van der Waals surface area contributed by atoms with E-state index in [2.05, 4.69) is 18.8 Å². The van der Waals surface area contributed by atoms with Gasteiger partial charge in [-0.2, -0.15) is 0 Å². The number of carboxylic acid groups (broad SMARTS) is 1. The topological polar surface area (TPSA) is 77.8 Å². The molecule has 4 atom stereocenters. The highest BCUT2D eigenvalue weighted by atomic mass is 19.2. The molecule has 0 spiro atoms. The van der Waals surface area contributed by atoms with Crippen LogP contribution >= 0.6 is 0 Å². The number of carboxylic acids is 1. The summed E-state index contributed by atoms with van der Waals surface area (Å²) in [7, 11) is 0. The van der Waals surface area contributed by atoms with E-state index in [9.17, 15) is 23.8 Å². The molecule has 1 aromatic carbocycles. The van der Waals surface area contributed by atoms with Crippen molar-refractivity contribution < 1.29 is 28.9 Å². The van der Waals surface area contributed by atoms with E-state index >= 15 is 0 Å². The number of aliphatic carboxylic acids is 1. The molecule has 1 aromatic rings. The normalized spacial score (nSPS) is 24.3. The van der Waals surface area contributed by atoms with Crippen molar-refractivity contribution in [3.8, 4) is 11.8 Å². The average molecular weight is 423 g/mol. The quantitative estimate of drug-likeness (QED) is 0.379. The van der Waals surface area contributed by atoms with E-state index < -0.39 is 29.3 Å². The van der Waals surface area contributed by atoms with Crippen molar-refractivity contribution in [2.45, 2.75) is 82.8 Å². The molecular weight excluding hydrogens is 390 g/mol. The first-order chi connectivity index (χ1) is 14.2. The summed E-state index contributed by atoms with van der Waals surface area (Å²) in [4.78, 5) is 10.5. The van der Waals surface area contributed by atoms with Gasteiger partial charge < -0.3 is 15.3 Å². The number of halogens is 2. The van der Waals surface area contributed by atoms with Gasteiger partial charge in [-0.15, -0.1) is 0 Å². The second-order valence-electron chi connectivity index (χ2n) is 8.67. The summed E-state index contributed by atoms with van der Waals surface area (Å²) >= 11 is 0. The van der Waals surface area contributed by atoms with Gasteiger partial charge in [-0.1, -0.05) is 44.4 Å².